The fourth-order valence-corrected chi connectivity index (χ4v) is 1.77. The molecule has 0 saturated carbocycles. The Labute approximate surface area is 104 Å². The summed E-state index contributed by atoms with van der Waals surface area (Å²) in [5.74, 6) is 0.823. The van der Waals surface area contributed by atoms with E-state index in [0.717, 1.165) is 29.8 Å². The molecule has 0 saturated heterocycles. The van der Waals surface area contributed by atoms with Crippen LogP contribution >= 0.6 is 0 Å². The van der Waals surface area contributed by atoms with Gasteiger partial charge in [0.05, 0.1) is 0 Å². The molecule has 0 aliphatic heterocycles. The molecule has 1 aromatic rings. The topological polar surface area (TPSA) is 53.1 Å². The maximum absolute atomic E-state index is 7.63. The number of nitrogens with one attached hydrogen (secondary N) is 1. The zero-order chi connectivity index (χ0) is 13.0. The molecule has 17 heavy (non-hydrogen) atoms. The summed E-state index contributed by atoms with van der Waals surface area (Å²) in [6, 6.07) is 6.09. The maximum Gasteiger partial charge on any atom is 0.124 e. The molecule has 0 fully saturated rings. The van der Waals surface area contributed by atoms with Crippen LogP contribution in [0.5, 0.6) is 0 Å². The third kappa shape index (κ3) is 3.77. The summed E-state index contributed by atoms with van der Waals surface area (Å²) in [4.78, 5) is 2.18. The predicted molar refractivity (Wildman–Crippen MR) is 74.9 cm³/mol. The molecule has 0 amide bonds. The van der Waals surface area contributed by atoms with Gasteiger partial charge >= 0.3 is 0 Å². The standard InChI is InChI=1S/C14H23N3/c1-10(2)7-8-17(4)13-6-5-11(3)9-12(13)14(15)16/h5-6,9-10H,7-8H2,1-4H3,(H3,15,16). The third-order valence-corrected chi connectivity index (χ3v) is 2.90. The van der Waals surface area contributed by atoms with Crippen molar-refractivity contribution in [2.24, 2.45) is 11.7 Å². The van der Waals surface area contributed by atoms with E-state index >= 15 is 0 Å². The van der Waals surface area contributed by atoms with Crippen LogP contribution in [0.3, 0.4) is 0 Å². The summed E-state index contributed by atoms with van der Waals surface area (Å²) >= 11 is 0. The first-order valence-corrected chi connectivity index (χ1v) is 6.08. The average molecular weight is 233 g/mol. The summed E-state index contributed by atoms with van der Waals surface area (Å²) in [5.41, 5.74) is 8.64. The molecule has 3 nitrogen and oxygen atoms in total. The van der Waals surface area contributed by atoms with Crippen molar-refractivity contribution in [3.05, 3.63) is 29.3 Å². The Bertz CT molecular complexity index is 396. The molecule has 94 valence electrons. The van der Waals surface area contributed by atoms with Gasteiger partial charge in [0, 0.05) is 24.8 Å². The molecule has 0 aliphatic rings. The molecule has 0 bridgehead atoms. The van der Waals surface area contributed by atoms with Crippen LogP contribution in [0.2, 0.25) is 0 Å². The van der Waals surface area contributed by atoms with Gasteiger partial charge in [0.2, 0.25) is 0 Å². The van der Waals surface area contributed by atoms with Crippen LogP contribution in [-0.2, 0) is 0 Å². The van der Waals surface area contributed by atoms with Gasteiger partial charge in [-0.3, -0.25) is 5.41 Å². The molecule has 0 unspecified atom stereocenters. The van der Waals surface area contributed by atoms with Gasteiger partial charge in [-0.05, 0) is 31.4 Å². The highest BCUT2D eigenvalue weighted by atomic mass is 15.1. The smallest absolute Gasteiger partial charge is 0.124 e. The van der Waals surface area contributed by atoms with E-state index in [1.165, 1.54) is 0 Å². The zero-order valence-corrected chi connectivity index (χ0v) is 11.2. The van der Waals surface area contributed by atoms with Crippen LogP contribution in [0, 0.1) is 18.3 Å². The van der Waals surface area contributed by atoms with E-state index in [-0.39, 0.29) is 5.84 Å². The summed E-state index contributed by atoms with van der Waals surface area (Å²) in [7, 11) is 2.06. The monoisotopic (exact) mass is 233 g/mol. The van der Waals surface area contributed by atoms with Gasteiger partial charge in [0.25, 0.3) is 0 Å². The average Bonchev–Trinajstić information content (AvgIpc) is 2.25. The van der Waals surface area contributed by atoms with Crippen molar-refractivity contribution in [2.45, 2.75) is 27.2 Å². The molecule has 1 rings (SSSR count). The summed E-state index contributed by atoms with van der Waals surface area (Å²) in [5, 5.41) is 7.63. The minimum Gasteiger partial charge on any atom is -0.384 e. The van der Waals surface area contributed by atoms with Crippen molar-refractivity contribution in [2.75, 3.05) is 18.5 Å². The van der Waals surface area contributed by atoms with E-state index in [9.17, 15) is 0 Å². The minimum absolute atomic E-state index is 0.139. The van der Waals surface area contributed by atoms with Gasteiger partial charge in [-0.2, -0.15) is 0 Å². The largest absolute Gasteiger partial charge is 0.384 e. The van der Waals surface area contributed by atoms with E-state index < -0.39 is 0 Å². The first-order valence-electron chi connectivity index (χ1n) is 6.08. The Kier molecular flexibility index (Phi) is 4.55. The Morgan fingerprint density at radius 1 is 1.41 bits per heavy atom. The lowest BCUT2D eigenvalue weighted by atomic mass is 10.1. The number of rotatable bonds is 5. The molecule has 0 aromatic heterocycles. The second kappa shape index (κ2) is 5.71. The van der Waals surface area contributed by atoms with Gasteiger partial charge in [0.1, 0.15) is 5.84 Å². The highest BCUT2D eigenvalue weighted by Crippen LogP contribution is 2.21. The second-order valence-electron chi connectivity index (χ2n) is 5.04. The molecular formula is C14H23N3. The SMILES string of the molecule is Cc1ccc(N(C)CCC(C)C)c(C(=N)N)c1. The highest BCUT2D eigenvalue weighted by molar-refractivity contribution is 6.00. The fraction of sp³-hybridized carbons (Fsp3) is 0.500. The molecular weight excluding hydrogens is 210 g/mol. The lowest BCUT2D eigenvalue weighted by molar-refractivity contribution is 0.585. The highest BCUT2D eigenvalue weighted by Gasteiger charge is 2.10. The molecule has 3 heteroatoms. The number of anilines is 1. The number of benzene rings is 1. The molecule has 0 heterocycles. The molecule has 0 aliphatic carbocycles. The summed E-state index contributed by atoms with van der Waals surface area (Å²) in [6.07, 6.45) is 1.14. The molecule has 0 spiro atoms. The molecule has 3 N–H and O–H groups in total. The zero-order valence-electron chi connectivity index (χ0n) is 11.2. The molecule has 0 atom stereocenters. The fourth-order valence-electron chi connectivity index (χ4n) is 1.77. The van der Waals surface area contributed by atoms with Crippen molar-refractivity contribution in [1.29, 1.82) is 5.41 Å². The van der Waals surface area contributed by atoms with Gasteiger partial charge in [-0.25, -0.2) is 0 Å². The van der Waals surface area contributed by atoms with Gasteiger partial charge in [-0.1, -0.05) is 25.5 Å². The first-order chi connectivity index (χ1) is 7.91. The number of nitrogens with zero attached hydrogens (tertiary/aromatic N) is 1. The molecule has 1 aromatic carbocycles. The van der Waals surface area contributed by atoms with E-state index in [1.807, 2.05) is 19.1 Å². The Morgan fingerprint density at radius 2 is 2.06 bits per heavy atom. The summed E-state index contributed by atoms with van der Waals surface area (Å²) < 4.78 is 0. The normalized spacial score (nSPS) is 10.6. The van der Waals surface area contributed by atoms with E-state index in [2.05, 4.69) is 31.9 Å². The quantitative estimate of drug-likeness (QED) is 0.607. The Morgan fingerprint density at radius 3 is 2.59 bits per heavy atom. The van der Waals surface area contributed by atoms with Crippen molar-refractivity contribution in [3.63, 3.8) is 0 Å². The Hall–Kier alpha value is -1.51. The number of hydrogen-bond donors (Lipinski definition) is 2. The number of nitrogen functional groups attached to an aromatic ring is 1. The van der Waals surface area contributed by atoms with Crippen molar-refractivity contribution >= 4 is 11.5 Å². The second-order valence-corrected chi connectivity index (χ2v) is 5.04. The van der Waals surface area contributed by atoms with E-state index in [4.69, 9.17) is 11.1 Å². The van der Waals surface area contributed by atoms with Crippen LogP contribution in [0.15, 0.2) is 18.2 Å². The van der Waals surface area contributed by atoms with Crippen molar-refractivity contribution in [1.82, 2.24) is 0 Å². The third-order valence-electron chi connectivity index (χ3n) is 2.90. The predicted octanol–water partition coefficient (Wildman–Crippen LogP) is 2.76. The Balaban J connectivity index is 2.92. The van der Waals surface area contributed by atoms with Crippen LogP contribution in [0.1, 0.15) is 31.4 Å². The lowest BCUT2D eigenvalue weighted by Gasteiger charge is -2.23. The lowest BCUT2D eigenvalue weighted by Crippen LogP contribution is -2.24. The van der Waals surface area contributed by atoms with Crippen molar-refractivity contribution in [3.8, 4) is 0 Å². The maximum atomic E-state index is 7.63. The number of nitrogens with two attached hydrogens (primary N) is 1. The van der Waals surface area contributed by atoms with Gasteiger partial charge in [-0.15, -0.1) is 0 Å². The van der Waals surface area contributed by atoms with E-state index in [1.54, 1.807) is 0 Å². The van der Waals surface area contributed by atoms with Crippen LogP contribution < -0.4 is 10.6 Å². The number of hydrogen-bond acceptors (Lipinski definition) is 2. The van der Waals surface area contributed by atoms with Crippen molar-refractivity contribution < 1.29 is 0 Å². The number of amidine groups is 1. The molecule has 0 radical (unpaired) electrons. The summed E-state index contributed by atoms with van der Waals surface area (Å²) in [6.45, 7) is 7.44. The number of aryl methyl sites for hydroxylation is 1. The van der Waals surface area contributed by atoms with Crippen LogP contribution in [0.25, 0.3) is 0 Å². The first kappa shape index (κ1) is 13.6. The van der Waals surface area contributed by atoms with Crippen LogP contribution in [0.4, 0.5) is 5.69 Å². The van der Waals surface area contributed by atoms with E-state index in [0.29, 0.717) is 5.92 Å². The van der Waals surface area contributed by atoms with Gasteiger partial charge in [0.15, 0.2) is 0 Å². The van der Waals surface area contributed by atoms with Crippen LogP contribution in [-0.4, -0.2) is 19.4 Å². The minimum atomic E-state index is 0.139. The van der Waals surface area contributed by atoms with Gasteiger partial charge < -0.3 is 10.6 Å².